The van der Waals surface area contributed by atoms with Crippen molar-refractivity contribution in [2.24, 2.45) is 11.3 Å². The van der Waals surface area contributed by atoms with Gasteiger partial charge in [-0.1, -0.05) is 99.6 Å². The summed E-state index contributed by atoms with van der Waals surface area (Å²) >= 11 is 3.27. The lowest BCUT2D eigenvalue weighted by Crippen LogP contribution is -2.59. The summed E-state index contributed by atoms with van der Waals surface area (Å²) in [5, 5.41) is 19.6. The Kier molecular flexibility index (Phi) is 16.2. The Hall–Kier alpha value is -5.81. The highest BCUT2D eigenvalue weighted by Gasteiger charge is 2.53. The number of benzene rings is 4. The third kappa shape index (κ3) is 12.6. The number of thiazole rings is 1. The van der Waals surface area contributed by atoms with Crippen molar-refractivity contribution in [3.05, 3.63) is 125 Å². The zero-order chi connectivity index (χ0) is 51.3. The molecular weight excluding hydrogens is 964 g/mol. The number of alkyl carbamates (subject to hydrolysis) is 1. The Morgan fingerprint density at radius 2 is 1.60 bits per heavy atom. The van der Waals surface area contributed by atoms with E-state index in [1.165, 1.54) is 27.2 Å². The molecule has 2 aliphatic carbocycles. The lowest BCUT2D eigenvalue weighted by atomic mass is 9.85. The third-order valence-corrected chi connectivity index (χ3v) is 16.9. The van der Waals surface area contributed by atoms with E-state index >= 15 is 0 Å². The van der Waals surface area contributed by atoms with Gasteiger partial charge < -0.3 is 40.3 Å². The summed E-state index contributed by atoms with van der Waals surface area (Å²) in [4.78, 5) is 64.7. The van der Waals surface area contributed by atoms with E-state index < -0.39 is 53.1 Å². The predicted molar refractivity (Wildman–Crippen MR) is 283 cm³/mol. The number of piperidine rings is 1. The van der Waals surface area contributed by atoms with Crippen LogP contribution in [-0.2, 0) is 25.7 Å². The second kappa shape index (κ2) is 22.8. The fourth-order valence-electron chi connectivity index (χ4n) is 10.2. The number of nitrogens with one attached hydrogen (secondary N) is 3. The summed E-state index contributed by atoms with van der Waals surface area (Å²) in [6.07, 6.45) is 1.53. The first kappa shape index (κ1) is 52.1. The smallest absolute Gasteiger partial charge is 0.407 e. The van der Waals surface area contributed by atoms with Crippen LogP contribution in [-0.4, -0.2) is 119 Å². The van der Waals surface area contributed by atoms with E-state index in [2.05, 4.69) is 62.2 Å². The van der Waals surface area contributed by atoms with E-state index in [0.29, 0.717) is 24.0 Å². The van der Waals surface area contributed by atoms with E-state index in [1.54, 1.807) is 43.9 Å². The van der Waals surface area contributed by atoms with Gasteiger partial charge >= 0.3 is 6.09 Å². The summed E-state index contributed by atoms with van der Waals surface area (Å²) < 4.78 is 27.4. The molecule has 0 radical (unpaired) electrons. The number of thioether (sulfide) groups is 1. The topological polar surface area (TPSA) is 162 Å². The normalized spacial score (nSPS) is 19.3. The molecule has 4 amide bonds. The molecule has 386 valence electrons. The summed E-state index contributed by atoms with van der Waals surface area (Å²) in [5.74, 6) is -0.175. The zero-order valence-corrected chi connectivity index (χ0v) is 43.7. The first-order valence-corrected chi connectivity index (χ1v) is 27.4. The van der Waals surface area contributed by atoms with Gasteiger partial charge in [-0.15, -0.1) is 23.1 Å². The molecule has 16 heteroatoms. The Morgan fingerprint density at radius 3 is 2.26 bits per heavy atom. The molecule has 5 aromatic rings. The van der Waals surface area contributed by atoms with Gasteiger partial charge in [0.15, 0.2) is 5.67 Å². The molecule has 13 nitrogen and oxygen atoms in total. The minimum absolute atomic E-state index is 0.0157. The number of fused-ring (bicyclic) bond motifs is 3. The Morgan fingerprint density at radius 1 is 0.918 bits per heavy atom. The molecule has 9 rings (SSSR count). The average molecular weight is 1030 g/mol. The SMILES string of the molecule is Cc1ncsc1-c1ccc(CNC(=O)[C@@H]2C[C@@H](O)CN2C(=O)[C@@H](NC(=O)C2(F)CC2)C(C)(C)C)c(OCC2CCN(CC[C@H](CSc3ccccc3)NC(=O)OCC3c4ccccc4-c4ccccc43)CC2)c1. The maximum absolute atomic E-state index is 14.7. The Bertz CT molecular complexity index is 2710. The second-order valence-electron chi connectivity index (χ2n) is 21.1. The predicted octanol–water partition coefficient (Wildman–Crippen LogP) is 8.91. The maximum atomic E-state index is 14.7. The first-order chi connectivity index (χ1) is 35.1. The van der Waals surface area contributed by atoms with Crippen LogP contribution in [0.25, 0.3) is 21.6 Å². The maximum Gasteiger partial charge on any atom is 0.407 e. The van der Waals surface area contributed by atoms with Crippen LogP contribution < -0.4 is 20.7 Å². The number of amides is 4. The molecule has 4 N–H and O–H groups in total. The summed E-state index contributed by atoms with van der Waals surface area (Å²) in [6.45, 7) is 10.7. The van der Waals surface area contributed by atoms with Gasteiger partial charge in [-0.3, -0.25) is 14.4 Å². The highest BCUT2D eigenvalue weighted by Crippen LogP contribution is 2.45. The molecular formula is C57H67FN6O7S2. The van der Waals surface area contributed by atoms with Crippen molar-refractivity contribution >= 4 is 46.9 Å². The lowest BCUT2D eigenvalue weighted by molar-refractivity contribution is -0.145. The number of likely N-dealkylation sites (tertiary alicyclic amines) is 2. The number of carbonyl (C=O) groups is 4. The summed E-state index contributed by atoms with van der Waals surface area (Å²) in [7, 11) is 0. The number of β-amino-alcohol motifs (C(OH)–C–C–N with tert-alkyl or cyclic N) is 1. The zero-order valence-electron chi connectivity index (χ0n) is 42.1. The van der Waals surface area contributed by atoms with E-state index in [0.717, 1.165) is 65.5 Å². The molecule has 4 atom stereocenters. The van der Waals surface area contributed by atoms with E-state index in [1.807, 2.05) is 73.1 Å². The number of hydrogen-bond acceptors (Lipinski definition) is 11. The fraction of sp³-hybridized carbons (Fsp3) is 0.456. The van der Waals surface area contributed by atoms with E-state index in [9.17, 15) is 28.7 Å². The molecule has 2 saturated heterocycles. The van der Waals surface area contributed by atoms with Crippen molar-refractivity contribution < 1.29 is 38.1 Å². The van der Waals surface area contributed by atoms with Gasteiger partial charge in [0, 0.05) is 54.2 Å². The number of rotatable bonds is 19. The number of carbonyl (C=O) groups excluding carboxylic acids is 4. The molecule has 2 aliphatic heterocycles. The monoisotopic (exact) mass is 1030 g/mol. The van der Waals surface area contributed by atoms with Crippen LogP contribution in [0.4, 0.5) is 9.18 Å². The van der Waals surface area contributed by atoms with Crippen molar-refractivity contribution in [3.63, 3.8) is 0 Å². The minimum atomic E-state index is -1.97. The fourth-order valence-corrected chi connectivity index (χ4v) is 12.0. The standard InChI is InChI=1S/C57H67FN6O7S2/c1-36-50(73-35-60-36)38-18-19-39(30-59-52(66)48-29-41(65)31-64(48)53(67)51(56(2,3)4)62-54(68)57(58)23-24-57)49(28-38)70-32-37-20-25-63(26-21-37)27-22-40(34-72-42-12-6-5-7-13-42)61-55(69)71-33-47-45-16-10-8-14-43(45)44-15-9-11-17-46(44)47/h5-19,28,35,37,40-41,47-48,51,65H,20-27,29-34H2,1-4H3,(H,59,66)(H,61,69)(H,62,68)/t40-,41-,48+,51-/m1/s1. The van der Waals surface area contributed by atoms with Crippen LogP contribution >= 0.6 is 23.1 Å². The van der Waals surface area contributed by atoms with Gasteiger partial charge in [0.05, 0.1) is 28.8 Å². The molecule has 3 heterocycles. The number of aromatic nitrogens is 1. The quantitative estimate of drug-likeness (QED) is 0.0588. The summed E-state index contributed by atoms with van der Waals surface area (Å²) in [6, 6.07) is 30.7. The van der Waals surface area contributed by atoms with Gasteiger partial charge in [0.2, 0.25) is 11.8 Å². The molecule has 3 fully saturated rings. The Labute approximate surface area is 436 Å². The van der Waals surface area contributed by atoms with Crippen molar-refractivity contribution in [1.82, 2.24) is 30.7 Å². The van der Waals surface area contributed by atoms with Crippen LogP contribution in [0.3, 0.4) is 0 Å². The largest absolute Gasteiger partial charge is 0.493 e. The van der Waals surface area contributed by atoms with E-state index in [-0.39, 0.29) is 50.9 Å². The average Bonchev–Trinajstić information content (AvgIpc) is 3.64. The van der Waals surface area contributed by atoms with Crippen molar-refractivity contribution in [2.45, 2.75) is 113 Å². The highest BCUT2D eigenvalue weighted by atomic mass is 32.2. The third-order valence-electron chi connectivity index (χ3n) is 14.7. The van der Waals surface area contributed by atoms with Crippen LogP contribution in [0, 0.1) is 18.3 Å². The van der Waals surface area contributed by atoms with Gasteiger partial charge in [-0.05, 0) is 109 Å². The van der Waals surface area contributed by atoms with E-state index in [4.69, 9.17) is 9.47 Å². The number of nitrogens with zero attached hydrogens (tertiary/aromatic N) is 3. The highest BCUT2D eigenvalue weighted by molar-refractivity contribution is 7.99. The number of alkyl halides is 1. The van der Waals surface area contributed by atoms with Crippen molar-refractivity contribution in [1.29, 1.82) is 0 Å². The number of halogens is 1. The van der Waals surface area contributed by atoms with Gasteiger partial charge in [-0.2, -0.15) is 0 Å². The molecule has 73 heavy (non-hydrogen) atoms. The molecule has 0 unspecified atom stereocenters. The van der Waals surface area contributed by atoms with Crippen molar-refractivity contribution in [2.75, 3.05) is 45.1 Å². The molecule has 4 aliphatic rings. The minimum Gasteiger partial charge on any atom is -0.493 e. The molecule has 4 aromatic carbocycles. The number of hydrogen-bond donors (Lipinski definition) is 4. The lowest BCUT2D eigenvalue weighted by Gasteiger charge is -2.35. The number of aliphatic hydroxyl groups excluding tert-OH is 1. The van der Waals surface area contributed by atoms with Crippen LogP contribution in [0.1, 0.15) is 87.6 Å². The van der Waals surface area contributed by atoms with Gasteiger partial charge in [0.1, 0.15) is 24.4 Å². The molecule has 0 spiro atoms. The molecule has 1 aromatic heterocycles. The van der Waals surface area contributed by atoms with Gasteiger partial charge in [0.25, 0.3) is 5.91 Å². The van der Waals surface area contributed by atoms with Crippen LogP contribution in [0.15, 0.2) is 107 Å². The number of aryl methyl sites for hydroxylation is 1. The van der Waals surface area contributed by atoms with Crippen molar-refractivity contribution in [3.8, 4) is 27.3 Å². The first-order valence-electron chi connectivity index (χ1n) is 25.6. The summed E-state index contributed by atoms with van der Waals surface area (Å²) in [5.41, 5.74) is 6.42. The molecule has 1 saturated carbocycles. The molecule has 0 bridgehead atoms. The number of aliphatic hydroxyl groups is 1. The number of ether oxygens (including phenoxy) is 2. The van der Waals surface area contributed by atoms with Crippen LogP contribution in [0.5, 0.6) is 5.75 Å². The van der Waals surface area contributed by atoms with Gasteiger partial charge in [-0.25, -0.2) is 14.2 Å². The Balaban J connectivity index is 0.797. The van der Waals surface area contributed by atoms with Crippen LogP contribution in [0.2, 0.25) is 0 Å². The second-order valence-corrected chi connectivity index (χ2v) is 23.1.